The Labute approximate surface area is 140 Å². The third kappa shape index (κ3) is 5.20. The molecular formula is C16H18N2O2S2. The molecule has 6 heteroatoms. The number of phenolic OH excluding ortho intramolecular Hbond substituents is 1. The van der Waals surface area contributed by atoms with Gasteiger partial charge in [0.15, 0.2) is 0 Å². The number of hydrogen-bond acceptors (Lipinski definition) is 4. The van der Waals surface area contributed by atoms with Crippen LogP contribution in [0.2, 0.25) is 0 Å². The second kappa shape index (κ2) is 8.00. The Morgan fingerprint density at radius 2 is 1.82 bits per heavy atom. The number of aryl methyl sites for hydroxylation is 1. The number of urea groups is 1. The van der Waals surface area contributed by atoms with E-state index in [0.29, 0.717) is 17.0 Å². The lowest BCUT2D eigenvalue weighted by Crippen LogP contribution is -2.35. The number of anilines is 1. The van der Waals surface area contributed by atoms with Gasteiger partial charge < -0.3 is 15.7 Å². The van der Waals surface area contributed by atoms with Crippen LogP contribution in [0.1, 0.15) is 12.0 Å². The lowest BCUT2D eigenvalue weighted by atomic mass is 10.1. The molecule has 4 nitrogen and oxygen atoms in total. The largest absolute Gasteiger partial charge is 0.508 e. The Morgan fingerprint density at radius 3 is 2.50 bits per heavy atom. The van der Waals surface area contributed by atoms with E-state index in [1.54, 1.807) is 18.2 Å². The van der Waals surface area contributed by atoms with E-state index in [4.69, 9.17) is 0 Å². The van der Waals surface area contributed by atoms with Crippen LogP contribution in [0, 0.1) is 0 Å². The summed E-state index contributed by atoms with van der Waals surface area (Å²) >= 11 is 8.65. The molecule has 1 unspecified atom stereocenters. The molecule has 0 heterocycles. The Hall–Kier alpha value is -1.79. The van der Waals surface area contributed by atoms with Crippen molar-refractivity contribution in [2.75, 3.05) is 5.32 Å². The molecule has 3 N–H and O–H groups in total. The molecule has 2 aromatic carbocycles. The maximum Gasteiger partial charge on any atom is 0.320 e. The lowest BCUT2D eigenvalue weighted by Gasteiger charge is -2.14. The first-order chi connectivity index (χ1) is 10.5. The van der Waals surface area contributed by atoms with Crippen molar-refractivity contribution in [3.8, 4) is 5.75 Å². The fourth-order valence-corrected chi connectivity index (χ4v) is 2.39. The van der Waals surface area contributed by atoms with Crippen LogP contribution in [0.15, 0.2) is 53.4 Å². The third-order valence-electron chi connectivity index (χ3n) is 3.09. The standard InChI is InChI=1S/C16H18N2O2S2/c19-12-8-5-11(6-9-12)7-10-15(22)18-16(20)17-13-3-1-2-4-14(13)21/h1-6,8-9,15,19,21-22H,7,10H2,(H2,17,18,20). The van der Waals surface area contributed by atoms with Gasteiger partial charge in [-0.2, -0.15) is 12.6 Å². The summed E-state index contributed by atoms with van der Waals surface area (Å²) in [7, 11) is 0. The van der Waals surface area contributed by atoms with Gasteiger partial charge in [0, 0.05) is 4.90 Å². The summed E-state index contributed by atoms with van der Waals surface area (Å²) in [5, 5.41) is 14.5. The quantitative estimate of drug-likeness (QED) is 0.428. The maximum absolute atomic E-state index is 11.9. The topological polar surface area (TPSA) is 61.4 Å². The lowest BCUT2D eigenvalue weighted by molar-refractivity contribution is 0.251. The van der Waals surface area contributed by atoms with E-state index >= 15 is 0 Å². The molecule has 0 radical (unpaired) electrons. The number of amides is 2. The number of aromatic hydroxyl groups is 1. The van der Waals surface area contributed by atoms with Crippen molar-refractivity contribution in [3.05, 3.63) is 54.1 Å². The second-order valence-corrected chi connectivity index (χ2v) is 5.94. The summed E-state index contributed by atoms with van der Waals surface area (Å²) in [5.74, 6) is 0.245. The fourth-order valence-electron chi connectivity index (χ4n) is 1.93. The van der Waals surface area contributed by atoms with Gasteiger partial charge in [0.1, 0.15) is 5.75 Å². The van der Waals surface area contributed by atoms with Crippen LogP contribution in [0.3, 0.4) is 0 Å². The first-order valence-corrected chi connectivity index (χ1v) is 7.82. The SMILES string of the molecule is O=C(Nc1ccccc1S)NC(S)CCc1ccc(O)cc1. The van der Waals surface area contributed by atoms with E-state index in [0.717, 1.165) is 12.0 Å². The third-order valence-corrected chi connectivity index (χ3v) is 3.87. The Morgan fingerprint density at radius 1 is 1.14 bits per heavy atom. The minimum Gasteiger partial charge on any atom is -0.508 e. The predicted molar refractivity (Wildman–Crippen MR) is 95.1 cm³/mol. The second-order valence-electron chi connectivity index (χ2n) is 4.84. The number of phenols is 1. The fraction of sp³-hybridized carbons (Fsp3) is 0.188. The minimum absolute atomic E-state index is 0.245. The molecule has 0 spiro atoms. The van der Waals surface area contributed by atoms with Crippen molar-refractivity contribution < 1.29 is 9.90 Å². The van der Waals surface area contributed by atoms with Gasteiger partial charge in [-0.1, -0.05) is 24.3 Å². The van der Waals surface area contributed by atoms with E-state index in [-0.39, 0.29) is 17.2 Å². The van der Waals surface area contributed by atoms with E-state index < -0.39 is 0 Å². The van der Waals surface area contributed by atoms with Crippen molar-refractivity contribution in [2.24, 2.45) is 0 Å². The van der Waals surface area contributed by atoms with Gasteiger partial charge in [-0.05, 0) is 42.7 Å². The van der Waals surface area contributed by atoms with E-state index in [2.05, 4.69) is 35.9 Å². The minimum atomic E-state index is -0.313. The van der Waals surface area contributed by atoms with Crippen molar-refractivity contribution in [1.82, 2.24) is 5.32 Å². The first kappa shape index (κ1) is 16.6. The van der Waals surface area contributed by atoms with Crippen LogP contribution in [0.5, 0.6) is 5.75 Å². The van der Waals surface area contributed by atoms with Gasteiger partial charge in [-0.15, -0.1) is 12.6 Å². The summed E-state index contributed by atoms with van der Waals surface area (Å²) in [6, 6.07) is 14.0. The maximum atomic E-state index is 11.9. The molecule has 116 valence electrons. The molecule has 0 saturated carbocycles. The molecule has 0 aliphatic rings. The number of carbonyl (C=O) groups is 1. The molecule has 2 amide bonds. The van der Waals surface area contributed by atoms with Crippen molar-refractivity contribution in [3.63, 3.8) is 0 Å². The van der Waals surface area contributed by atoms with Crippen molar-refractivity contribution >= 4 is 37.0 Å². The molecular weight excluding hydrogens is 316 g/mol. The summed E-state index contributed by atoms with van der Waals surface area (Å²) in [4.78, 5) is 12.6. The van der Waals surface area contributed by atoms with Gasteiger partial charge in [-0.25, -0.2) is 4.79 Å². The average Bonchev–Trinajstić information content (AvgIpc) is 2.49. The zero-order chi connectivity index (χ0) is 15.9. The van der Waals surface area contributed by atoms with Crippen LogP contribution < -0.4 is 10.6 Å². The Balaban J connectivity index is 1.79. The predicted octanol–water partition coefficient (Wildman–Crippen LogP) is 3.69. The number of hydrogen-bond donors (Lipinski definition) is 5. The van der Waals surface area contributed by atoms with Crippen LogP contribution in [-0.4, -0.2) is 16.5 Å². The molecule has 0 aliphatic carbocycles. The first-order valence-electron chi connectivity index (χ1n) is 6.86. The molecule has 0 fully saturated rings. The molecule has 0 aliphatic heterocycles. The molecule has 0 aromatic heterocycles. The highest BCUT2D eigenvalue weighted by atomic mass is 32.1. The van der Waals surface area contributed by atoms with Crippen molar-refractivity contribution in [1.29, 1.82) is 0 Å². The summed E-state index contributed by atoms with van der Waals surface area (Å²) in [5.41, 5.74) is 1.74. The highest BCUT2D eigenvalue weighted by Gasteiger charge is 2.09. The van der Waals surface area contributed by atoms with E-state index in [1.807, 2.05) is 30.3 Å². The number of benzene rings is 2. The monoisotopic (exact) mass is 334 g/mol. The zero-order valence-corrected chi connectivity index (χ0v) is 13.6. The van der Waals surface area contributed by atoms with Crippen LogP contribution in [-0.2, 0) is 6.42 Å². The summed E-state index contributed by atoms with van der Waals surface area (Å²) in [6.45, 7) is 0. The number of para-hydroxylation sites is 1. The number of carbonyl (C=O) groups excluding carboxylic acids is 1. The number of thiol groups is 2. The van der Waals surface area contributed by atoms with Gasteiger partial charge in [0.25, 0.3) is 0 Å². The molecule has 0 bridgehead atoms. The number of rotatable bonds is 5. The average molecular weight is 334 g/mol. The normalized spacial score (nSPS) is 11.7. The van der Waals surface area contributed by atoms with Crippen LogP contribution in [0.4, 0.5) is 10.5 Å². The van der Waals surface area contributed by atoms with Gasteiger partial charge in [0.05, 0.1) is 11.1 Å². The van der Waals surface area contributed by atoms with E-state index in [9.17, 15) is 9.90 Å². The van der Waals surface area contributed by atoms with Crippen LogP contribution in [0.25, 0.3) is 0 Å². The van der Waals surface area contributed by atoms with E-state index in [1.165, 1.54) is 0 Å². The smallest absolute Gasteiger partial charge is 0.320 e. The molecule has 22 heavy (non-hydrogen) atoms. The highest BCUT2D eigenvalue weighted by molar-refractivity contribution is 7.81. The Bertz CT molecular complexity index is 632. The zero-order valence-electron chi connectivity index (χ0n) is 11.9. The molecule has 0 saturated heterocycles. The summed E-state index contributed by atoms with van der Waals surface area (Å²) in [6.07, 6.45) is 1.45. The molecule has 2 rings (SSSR count). The highest BCUT2D eigenvalue weighted by Crippen LogP contribution is 2.18. The van der Waals surface area contributed by atoms with Gasteiger partial charge in [0.2, 0.25) is 0 Å². The number of nitrogens with one attached hydrogen (secondary N) is 2. The van der Waals surface area contributed by atoms with Gasteiger partial charge in [-0.3, -0.25) is 0 Å². The van der Waals surface area contributed by atoms with Gasteiger partial charge >= 0.3 is 6.03 Å². The molecule has 2 aromatic rings. The summed E-state index contributed by atoms with van der Waals surface area (Å²) < 4.78 is 0. The van der Waals surface area contributed by atoms with Crippen LogP contribution >= 0.6 is 25.3 Å². The van der Waals surface area contributed by atoms with Crippen molar-refractivity contribution in [2.45, 2.75) is 23.1 Å². The Kier molecular flexibility index (Phi) is 6.03. The molecule has 1 atom stereocenters.